The quantitative estimate of drug-likeness (QED) is 0.490. The van der Waals surface area contributed by atoms with Gasteiger partial charge in [-0.1, -0.05) is 54.6 Å². The van der Waals surface area contributed by atoms with Crippen LogP contribution in [-0.2, 0) is 0 Å². The standard InChI is InChI=1S/C19H16FN3S/c1-2-12-21-19-23(22-13-16-10-6-7-11-17(16)20)18(14-24-19)15-8-4-3-5-9-15/h2-11,13-14H,1,12H2. The van der Waals surface area contributed by atoms with Gasteiger partial charge in [0.15, 0.2) is 0 Å². The van der Waals surface area contributed by atoms with Crippen LogP contribution >= 0.6 is 11.3 Å². The van der Waals surface area contributed by atoms with E-state index in [0.717, 1.165) is 16.1 Å². The van der Waals surface area contributed by atoms with Crippen molar-refractivity contribution < 1.29 is 4.39 Å². The van der Waals surface area contributed by atoms with Crippen LogP contribution in [0.4, 0.5) is 4.39 Å². The van der Waals surface area contributed by atoms with Crippen molar-refractivity contribution in [3.63, 3.8) is 0 Å². The minimum atomic E-state index is -0.303. The summed E-state index contributed by atoms with van der Waals surface area (Å²) in [5.74, 6) is -0.303. The minimum absolute atomic E-state index is 0.303. The molecule has 0 spiro atoms. The van der Waals surface area contributed by atoms with Crippen molar-refractivity contribution in [2.45, 2.75) is 0 Å². The van der Waals surface area contributed by atoms with Gasteiger partial charge in [0.1, 0.15) is 5.82 Å². The maximum absolute atomic E-state index is 13.8. The molecule has 2 aromatic carbocycles. The van der Waals surface area contributed by atoms with Gasteiger partial charge in [0.2, 0.25) is 4.80 Å². The summed E-state index contributed by atoms with van der Waals surface area (Å²) in [5.41, 5.74) is 2.38. The van der Waals surface area contributed by atoms with Crippen molar-refractivity contribution in [2.24, 2.45) is 10.1 Å². The zero-order valence-corrected chi connectivity index (χ0v) is 13.8. The van der Waals surface area contributed by atoms with E-state index >= 15 is 0 Å². The fourth-order valence-corrected chi connectivity index (χ4v) is 3.02. The van der Waals surface area contributed by atoms with Crippen LogP contribution < -0.4 is 4.80 Å². The van der Waals surface area contributed by atoms with Crippen LogP contribution in [0, 0.1) is 5.82 Å². The molecule has 0 aliphatic rings. The van der Waals surface area contributed by atoms with Gasteiger partial charge in [0, 0.05) is 16.5 Å². The number of nitrogens with zero attached hydrogens (tertiary/aromatic N) is 3. The van der Waals surface area contributed by atoms with Gasteiger partial charge in [-0.2, -0.15) is 5.10 Å². The summed E-state index contributed by atoms with van der Waals surface area (Å²) in [6.07, 6.45) is 3.24. The molecule has 0 N–H and O–H groups in total. The maximum atomic E-state index is 13.8. The molecule has 0 unspecified atom stereocenters. The lowest BCUT2D eigenvalue weighted by Crippen LogP contribution is -2.12. The van der Waals surface area contributed by atoms with Gasteiger partial charge in [-0.15, -0.1) is 17.9 Å². The predicted octanol–water partition coefficient (Wildman–Crippen LogP) is 4.32. The molecule has 0 saturated heterocycles. The molecule has 3 aromatic rings. The van der Waals surface area contributed by atoms with E-state index in [2.05, 4.69) is 16.7 Å². The van der Waals surface area contributed by atoms with E-state index in [0.29, 0.717) is 12.1 Å². The van der Waals surface area contributed by atoms with Crippen molar-refractivity contribution >= 4 is 17.6 Å². The Morgan fingerprint density at radius 2 is 1.83 bits per heavy atom. The van der Waals surface area contributed by atoms with Crippen LogP contribution in [-0.4, -0.2) is 17.4 Å². The number of halogens is 1. The fourth-order valence-electron chi connectivity index (χ4n) is 2.17. The Balaban J connectivity index is 2.09. The Morgan fingerprint density at radius 1 is 1.08 bits per heavy atom. The molecule has 5 heteroatoms. The molecule has 1 aromatic heterocycles. The Labute approximate surface area is 143 Å². The van der Waals surface area contributed by atoms with Crippen LogP contribution in [0.15, 0.2) is 82.7 Å². The molecule has 0 aliphatic carbocycles. The van der Waals surface area contributed by atoms with Crippen LogP contribution in [0.2, 0.25) is 0 Å². The highest BCUT2D eigenvalue weighted by Crippen LogP contribution is 2.19. The molecule has 0 atom stereocenters. The molecule has 0 radical (unpaired) electrons. The molecule has 3 nitrogen and oxygen atoms in total. The SMILES string of the molecule is C=CCN=c1scc(-c2ccccc2)n1N=Cc1ccccc1F. The molecule has 120 valence electrons. The molecule has 0 bridgehead atoms. The van der Waals surface area contributed by atoms with E-state index in [1.165, 1.54) is 23.6 Å². The summed E-state index contributed by atoms with van der Waals surface area (Å²) in [5, 5.41) is 6.46. The average molecular weight is 337 g/mol. The van der Waals surface area contributed by atoms with Crippen LogP contribution in [0.25, 0.3) is 11.3 Å². The Morgan fingerprint density at radius 3 is 2.58 bits per heavy atom. The topological polar surface area (TPSA) is 29.6 Å². The summed E-state index contributed by atoms with van der Waals surface area (Å²) >= 11 is 1.49. The largest absolute Gasteiger partial charge is 0.253 e. The van der Waals surface area contributed by atoms with Gasteiger partial charge < -0.3 is 0 Å². The first-order chi connectivity index (χ1) is 11.8. The van der Waals surface area contributed by atoms with Crippen molar-refractivity contribution in [3.8, 4) is 11.3 Å². The molecule has 0 fully saturated rings. The molecule has 0 amide bonds. The second-order valence-electron chi connectivity index (χ2n) is 4.98. The first-order valence-electron chi connectivity index (χ1n) is 7.46. The second-order valence-corrected chi connectivity index (χ2v) is 5.81. The van der Waals surface area contributed by atoms with E-state index in [1.54, 1.807) is 29.0 Å². The number of hydrogen-bond donors (Lipinski definition) is 0. The zero-order valence-electron chi connectivity index (χ0n) is 13.0. The van der Waals surface area contributed by atoms with Crippen LogP contribution in [0.5, 0.6) is 0 Å². The first kappa shape index (κ1) is 16.1. The lowest BCUT2D eigenvalue weighted by Gasteiger charge is -2.03. The summed E-state index contributed by atoms with van der Waals surface area (Å²) < 4.78 is 15.5. The molecule has 0 aliphatic heterocycles. The summed E-state index contributed by atoms with van der Waals surface area (Å²) in [4.78, 5) is 5.20. The Kier molecular flexibility index (Phi) is 5.13. The lowest BCUT2D eigenvalue weighted by molar-refractivity contribution is 0.625. The first-order valence-corrected chi connectivity index (χ1v) is 8.34. The van der Waals surface area contributed by atoms with E-state index < -0.39 is 0 Å². The molecular formula is C19H16FN3S. The van der Waals surface area contributed by atoms with Gasteiger partial charge in [-0.3, -0.25) is 4.99 Å². The van der Waals surface area contributed by atoms with Gasteiger partial charge >= 0.3 is 0 Å². The minimum Gasteiger partial charge on any atom is -0.253 e. The van der Waals surface area contributed by atoms with E-state index in [1.807, 2.05) is 35.7 Å². The van der Waals surface area contributed by atoms with Crippen LogP contribution in [0.1, 0.15) is 5.56 Å². The molecule has 24 heavy (non-hydrogen) atoms. The van der Waals surface area contributed by atoms with E-state index in [-0.39, 0.29) is 5.82 Å². The molecule has 3 rings (SSSR count). The number of rotatable bonds is 5. The van der Waals surface area contributed by atoms with Crippen molar-refractivity contribution in [1.29, 1.82) is 0 Å². The maximum Gasteiger partial charge on any atom is 0.206 e. The van der Waals surface area contributed by atoms with Crippen LogP contribution in [0.3, 0.4) is 0 Å². The number of hydrogen-bond acceptors (Lipinski definition) is 3. The monoisotopic (exact) mass is 337 g/mol. The van der Waals surface area contributed by atoms with Crippen molar-refractivity contribution in [2.75, 3.05) is 6.54 Å². The highest BCUT2D eigenvalue weighted by Gasteiger charge is 2.07. The normalized spacial score (nSPS) is 12.0. The predicted molar refractivity (Wildman–Crippen MR) is 97.8 cm³/mol. The van der Waals surface area contributed by atoms with Gasteiger partial charge in [-0.25, -0.2) is 9.07 Å². The van der Waals surface area contributed by atoms with Gasteiger partial charge in [0.25, 0.3) is 0 Å². The number of aromatic nitrogens is 1. The number of benzene rings is 2. The number of thiazole rings is 1. The van der Waals surface area contributed by atoms with Crippen molar-refractivity contribution in [1.82, 2.24) is 4.68 Å². The Hall–Kier alpha value is -2.79. The average Bonchev–Trinajstić information content (AvgIpc) is 3.03. The van der Waals surface area contributed by atoms with E-state index in [4.69, 9.17) is 0 Å². The Bertz CT molecular complexity index is 923. The molecule has 1 heterocycles. The zero-order chi connectivity index (χ0) is 16.8. The van der Waals surface area contributed by atoms with E-state index in [9.17, 15) is 4.39 Å². The highest BCUT2D eigenvalue weighted by molar-refractivity contribution is 7.07. The third kappa shape index (κ3) is 3.58. The highest BCUT2D eigenvalue weighted by atomic mass is 32.1. The van der Waals surface area contributed by atoms with Gasteiger partial charge in [0.05, 0.1) is 18.5 Å². The third-order valence-electron chi connectivity index (χ3n) is 3.33. The lowest BCUT2D eigenvalue weighted by atomic mass is 10.2. The fraction of sp³-hybridized carbons (Fsp3) is 0.0526. The molecule has 0 saturated carbocycles. The summed E-state index contributed by atoms with van der Waals surface area (Å²) in [7, 11) is 0. The molecular weight excluding hydrogens is 321 g/mol. The smallest absolute Gasteiger partial charge is 0.206 e. The third-order valence-corrected chi connectivity index (χ3v) is 4.18. The van der Waals surface area contributed by atoms with Gasteiger partial charge in [-0.05, 0) is 6.07 Å². The second kappa shape index (κ2) is 7.66. The summed E-state index contributed by atoms with van der Waals surface area (Å²) in [6, 6.07) is 16.5. The summed E-state index contributed by atoms with van der Waals surface area (Å²) in [6.45, 7) is 4.19. The van der Waals surface area contributed by atoms with Crippen molar-refractivity contribution in [3.05, 3.63) is 88.8 Å².